The summed E-state index contributed by atoms with van der Waals surface area (Å²) in [6.07, 6.45) is 1.92. The van der Waals surface area contributed by atoms with E-state index in [9.17, 15) is 0 Å². The third-order valence-corrected chi connectivity index (χ3v) is 9.44. The van der Waals surface area contributed by atoms with Gasteiger partial charge in [-0.2, -0.15) is 0 Å². The molecule has 8 aromatic rings. The maximum atomic E-state index is 4.86. The molecule has 0 atom stereocenters. The summed E-state index contributed by atoms with van der Waals surface area (Å²) in [5, 5.41) is 11.6. The number of fused-ring (bicyclic) bond motifs is 14. The van der Waals surface area contributed by atoms with Gasteiger partial charge in [0, 0.05) is 22.4 Å². The summed E-state index contributed by atoms with van der Waals surface area (Å²) in [5.41, 5.74) is 8.94. The highest BCUT2D eigenvalue weighted by Gasteiger charge is 2.38. The molecule has 41 heavy (non-hydrogen) atoms. The lowest BCUT2D eigenvalue weighted by Gasteiger charge is -2.24. The molecule has 1 aromatic heterocycles. The second-order valence-electron chi connectivity index (χ2n) is 11.9. The highest BCUT2D eigenvalue weighted by Crippen LogP contribution is 2.55. The van der Waals surface area contributed by atoms with Crippen molar-refractivity contribution in [1.29, 1.82) is 0 Å². The molecule has 0 fully saturated rings. The Hall–Kier alpha value is -5.01. The Bertz CT molecular complexity index is 2360. The summed E-state index contributed by atoms with van der Waals surface area (Å²) in [5.74, 6) is 0. The molecule has 1 nitrogen and oxygen atoms in total. The highest BCUT2D eigenvalue weighted by atomic mass is 14.7. The number of rotatable bonds is 1. The first-order valence-corrected chi connectivity index (χ1v) is 14.4. The van der Waals surface area contributed by atoms with Gasteiger partial charge >= 0.3 is 0 Å². The summed E-state index contributed by atoms with van der Waals surface area (Å²) in [6.45, 7) is 4.76. The number of aromatic nitrogens is 1. The van der Waals surface area contributed by atoms with Gasteiger partial charge in [-0.15, -0.1) is 0 Å². The maximum absolute atomic E-state index is 4.86. The monoisotopic (exact) mass is 521 g/mol. The average Bonchev–Trinajstić information content (AvgIpc) is 3.27. The molecule has 0 unspecified atom stereocenters. The minimum atomic E-state index is -0.147. The average molecular weight is 522 g/mol. The zero-order valence-electron chi connectivity index (χ0n) is 23.1. The quantitative estimate of drug-likeness (QED) is 0.196. The molecule has 0 aliphatic heterocycles. The van der Waals surface area contributed by atoms with Crippen LogP contribution in [0, 0.1) is 0 Å². The normalized spacial score (nSPS) is 13.8. The van der Waals surface area contributed by atoms with Crippen molar-refractivity contribution in [3.8, 4) is 22.3 Å². The predicted molar refractivity (Wildman–Crippen MR) is 175 cm³/mol. The SMILES string of the molecule is CC1(C)c2cc(-c3ccc4c5ccccc5c5ccccc5c4c3)ccc2-c2c1c1cccnc1c1ccccc21. The minimum Gasteiger partial charge on any atom is -0.256 e. The van der Waals surface area contributed by atoms with Crippen LogP contribution in [0.2, 0.25) is 0 Å². The van der Waals surface area contributed by atoms with Gasteiger partial charge in [-0.3, -0.25) is 4.98 Å². The van der Waals surface area contributed by atoms with Crippen molar-refractivity contribution in [2.24, 2.45) is 0 Å². The second-order valence-corrected chi connectivity index (χ2v) is 11.9. The molecule has 7 aromatic carbocycles. The van der Waals surface area contributed by atoms with Crippen molar-refractivity contribution in [3.05, 3.63) is 139 Å². The number of nitrogens with zero attached hydrogens (tertiary/aromatic N) is 1. The van der Waals surface area contributed by atoms with E-state index in [0.29, 0.717) is 0 Å². The van der Waals surface area contributed by atoms with Crippen LogP contribution in [0.3, 0.4) is 0 Å². The Morgan fingerprint density at radius 1 is 0.463 bits per heavy atom. The fourth-order valence-corrected chi connectivity index (χ4v) is 7.61. The Morgan fingerprint density at radius 2 is 1.00 bits per heavy atom. The molecule has 0 radical (unpaired) electrons. The Morgan fingerprint density at radius 3 is 1.71 bits per heavy atom. The molecule has 0 bridgehead atoms. The lowest BCUT2D eigenvalue weighted by Crippen LogP contribution is -2.16. The molecule has 9 rings (SSSR count). The zero-order chi connectivity index (χ0) is 27.3. The molecule has 1 heteroatoms. The van der Waals surface area contributed by atoms with E-state index >= 15 is 0 Å². The summed E-state index contributed by atoms with van der Waals surface area (Å²) in [6, 6.07) is 44.8. The van der Waals surface area contributed by atoms with Crippen molar-refractivity contribution in [2.75, 3.05) is 0 Å². The molecule has 1 aliphatic carbocycles. The molecule has 0 saturated carbocycles. The molecular weight excluding hydrogens is 494 g/mol. The molecule has 0 amide bonds. The van der Waals surface area contributed by atoms with Gasteiger partial charge < -0.3 is 0 Å². The molecule has 0 N–H and O–H groups in total. The lowest BCUT2D eigenvalue weighted by atomic mass is 9.79. The van der Waals surface area contributed by atoms with E-state index in [1.54, 1.807) is 0 Å². The molecule has 1 aliphatic rings. The molecule has 1 heterocycles. The van der Waals surface area contributed by atoms with Crippen LogP contribution >= 0.6 is 0 Å². The van der Waals surface area contributed by atoms with Gasteiger partial charge in [-0.1, -0.05) is 117 Å². The van der Waals surface area contributed by atoms with Crippen LogP contribution in [0.15, 0.2) is 128 Å². The van der Waals surface area contributed by atoms with E-state index < -0.39 is 0 Å². The molecule has 0 spiro atoms. The van der Waals surface area contributed by atoms with E-state index in [2.05, 4.69) is 135 Å². The van der Waals surface area contributed by atoms with Crippen LogP contribution in [-0.2, 0) is 5.41 Å². The van der Waals surface area contributed by atoms with Gasteiger partial charge in [0.2, 0.25) is 0 Å². The molecular formula is C40H27N. The van der Waals surface area contributed by atoms with Crippen LogP contribution in [0.4, 0.5) is 0 Å². The zero-order valence-corrected chi connectivity index (χ0v) is 23.1. The predicted octanol–water partition coefficient (Wildman–Crippen LogP) is 10.8. The summed E-state index contributed by atoms with van der Waals surface area (Å²) < 4.78 is 0. The summed E-state index contributed by atoms with van der Waals surface area (Å²) in [4.78, 5) is 4.86. The maximum Gasteiger partial charge on any atom is 0.0783 e. The number of hydrogen-bond acceptors (Lipinski definition) is 1. The van der Waals surface area contributed by atoms with Crippen molar-refractivity contribution < 1.29 is 0 Å². The van der Waals surface area contributed by atoms with Gasteiger partial charge in [-0.25, -0.2) is 0 Å². The van der Waals surface area contributed by atoms with E-state index in [-0.39, 0.29) is 5.41 Å². The van der Waals surface area contributed by atoms with Gasteiger partial charge in [0.25, 0.3) is 0 Å². The third kappa shape index (κ3) is 2.98. The Labute approximate surface area is 238 Å². The second kappa shape index (κ2) is 8.02. The van der Waals surface area contributed by atoms with Crippen molar-refractivity contribution in [1.82, 2.24) is 4.98 Å². The van der Waals surface area contributed by atoms with Crippen molar-refractivity contribution >= 4 is 54.0 Å². The van der Waals surface area contributed by atoms with Gasteiger partial charge in [-0.05, 0) is 89.3 Å². The first-order valence-electron chi connectivity index (χ1n) is 14.4. The van der Waals surface area contributed by atoms with Crippen LogP contribution < -0.4 is 0 Å². The number of hydrogen-bond donors (Lipinski definition) is 0. The number of benzene rings is 7. The van der Waals surface area contributed by atoms with Crippen LogP contribution in [0.1, 0.15) is 25.0 Å². The van der Waals surface area contributed by atoms with E-state index in [1.165, 1.54) is 81.9 Å². The molecule has 0 saturated heterocycles. The summed E-state index contributed by atoms with van der Waals surface area (Å²) in [7, 11) is 0. The Kier molecular flexibility index (Phi) is 4.45. The lowest BCUT2D eigenvalue weighted by molar-refractivity contribution is 0.666. The minimum absolute atomic E-state index is 0.147. The summed E-state index contributed by atoms with van der Waals surface area (Å²) >= 11 is 0. The smallest absolute Gasteiger partial charge is 0.0783 e. The first-order chi connectivity index (χ1) is 20.1. The van der Waals surface area contributed by atoms with E-state index in [0.717, 1.165) is 5.52 Å². The van der Waals surface area contributed by atoms with Gasteiger partial charge in [0.05, 0.1) is 5.52 Å². The fraction of sp³-hybridized carbons (Fsp3) is 0.0750. The van der Waals surface area contributed by atoms with E-state index in [4.69, 9.17) is 4.98 Å². The Balaban J connectivity index is 1.31. The van der Waals surface area contributed by atoms with Crippen LogP contribution in [0.25, 0.3) is 76.2 Å². The van der Waals surface area contributed by atoms with Gasteiger partial charge in [0.15, 0.2) is 0 Å². The largest absolute Gasteiger partial charge is 0.256 e. The fourth-order valence-electron chi connectivity index (χ4n) is 7.61. The molecule has 192 valence electrons. The van der Waals surface area contributed by atoms with Crippen LogP contribution in [-0.4, -0.2) is 4.98 Å². The standard InChI is InChI=1S/C40H27N/c1-40(2)36-23-25(18-20-33(36)37-31-14-7-8-15-32(31)39-34(38(37)40)16-9-21-41-39)24-17-19-30-28-12-4-3-10-26(28)27-11-5-6-13-29(27)35(30)22-24/h3-23H,1-2H3. The highest BCUT2D eigenvalue weighted by molar-refractivity contribution is 6.25. The van der Waals surface area contributed by atoms with E-state index in [1.807, 2.05) is 6.20 Å². The van der Waals surface area contributed by atoms with Crippen molar-refractivity contribution in [3.63, 3.8) is 0 Å². The first kappa shape index (κ1) is 22.8. The van der Waals surface area contributed by atoms with Gasteiger partial charge in [0.1, 0.15) is 0 Å². The number of pyridine rings is 1. The third-order valence-electron chi connectivity index (χ3n) is 9.44. The van der Waals surface area contributed by atoms with Crippen molar-refractivity contribution in [2.45, 2.75) is 19.3 Å². The van der Waals surface area contributed by atoms with Crippen LogP contribution in [0.5, 0.6) is 0 Å². The topological polar surface area (TPSA) is 12.9 Å².